The van der Waals surface area contributed by atoms with Crippen LogP contribution in [0, 0.1) is 0 Å². The molecular formula is C19H23NO4S. The van der Waals surface area contributed by atoms with E-state index in [0.717, 1.165) is 18.4 Å². The average molecular weight is 361 g/mol. The molecule has 2 aromatic rings. The molecule has 0 spiro atoms. The van der Waals surface area contributed by atoms with Gasteiger partial charge in [0, 0.05) is 12.1 Å². The summed E-state index contributed by atoms with van der Waals surface area (Å²) in [6.07, 6.45) is 3.35. The fourth-order valence-corrected chi connectivity index (χ4v) is 4.46. The Bertz CT molecular complexity index is 877. The highest BCUT2D eigenvalue weighted by molar-refractivity contribution is 7.89. The summed E-state index contributed by atoms with van der Waals surface area (Å²) in [6.45, 7) is 1.86. The predicted octanol–water partition coefficient (Wildman–Crippen LogP) is 3.23. The number of hydrogen-bond acceptors (Lipinski definition) is 4. The zero-order valence-corrected chi connectivity index (χ0v) is 15.5. The van der Waals surface area contributed by atoms with Crippen molar-refractivity contribution in [1.29, 1.82) is 0 Å². The first-order valence-corrected chi connectivity index (χ1v) is 9.79. The van der Waals surface area contributed by atoms with Gasteiger partial charge in [0.15, 0.2) is 11.5 Å². The minimum Gasteiger partial charge on any atom is -0.493 e. The lowest BCUT2D eigenvalue weighted by atomic mass is 10.0. The molecule has 0 aliphatic heterocycles. The molecule has 25 heavy (non-hydrogen) atoms. The second kappa shape index (κ2) is 7.06. The number of nitrogens with one attached hydrogen (secondary N) is 1. The largest absolute Gasteiger partial charge is 0.493 e. The van der Waals surface area contributed by atoms with Crippen LogP contribution >= 0.6 is 0 Å². The fraction of sp³-hybridized carbons (Fsp3) is 0.368. The van der Waals surface area contributed by atoms with Crippen molar-refractivity contribution in [3.63, 3.8) is 0 Å². The van der Waals surface area contributed by atoms with Gasteiger partial charge in [0.25, 0.3) is 0 Å². The predicted molar refractivity (Wildman–Crippen MR) is 96.7 cm³/mol. The lowest BCUT2D eigenvalue weighted by molar-refractivity contribution is 0.354. The van der Waals surface area contributed by atoms with E-state index in [2.05, 4.69) is 16.9 Å². The van der Waals surface area contributed by atoms with Crippen molar-refractivity contribution in [2.45, 2.75) is 37.1 Å². The summed E-state index contributed by atoms with van der Waals surface area (Å²) in [4.78, 5) is 0.151. The van der Waals surface area contributed by atoms with E-state index in [-0.39, 0.29) is 10.9 Å². The summed E-state index contributed by atoms with van der Waals surface area (Å²) < 4.78 is 38.5. The summed E-state index contributed by atoms with van der Waals surface area (Å²) in [6, 6.07) is 10.5. The quantitative estimate of drug-likeness (QED) is 0.858. The van der Waals surface area contributed by atoms with Crippen molar-refractivity contribution in [3.05, 3.63) is 53.1 Å². The van der Waals surface area contributed by atoms with Crippen LogP contribution in [-0.2, 0) is 22.9 Å². The number of aryl methyl sites for hydroxylation is 2. The van der Waals surface area contributed by atoms with E-state index in [0.29, 0.717) is 11.5 Å². The maximum absolute atomic E-state index is 12.7. The molecule has 0 saturated carbocycles. The van der Waals surface area contributed by atoms with Crippen molar-refractivity contribution in [2.75, 3.05) is 14.2 Å². The Kier molecular flexibility index (Phi) is 5.01. The Labute approximate surface area is 149 Å². The number of hydrogen-bond donors (Lipinski definition) is 1. The molecule has 5 nitrogen and oxygen atoms in total. The molecule has 0 fully saturated rings. The van der Waals surface area contributed by atoms with E-state index in [1.165, 1.54) is 43.9 Å². The van der Waals surface area contributed by atoms with Crippen LogP contribution in [0.25, 0.3) is 0 Å². The summed E-state index contributed by atoms with van der Waals surface area (Å²) in [5.74, 6) is 0.878. The van der Waals surface area contributed by atoms with Crippen LogP contribution in [0.3, 0.4) is 0 Å². The Hall–Kier alpha value is -2.05. The van der Waals surface area contributed by atoms with Crippen molar-refractivity contribution in [3.8, 4) is 11.5 Å². The number of ether oxygens (including phenoxy) is 2. The Balaban J connectivity index is 1.83. The standard InChI is InChI=1S/C19H23NO4S/c1-13(15-8-7-14-5-4-6-16(14)11-15)20-25(21,22)17-9-10-18(23-2)19(12-17)24-3/h7-13,20H,4-6H2,1-3H3/t13-/m1/s1. The van der Waals surface area contributed by atoms with E-state index in [9.17, 15) is 8.42 Å². The van der Waals surface area contributed by atoms with E-state index in [4.69, 9.17) is 9.47 Å². The summed E-state index contributed by atoms with van der Waals surface area (Å²) in [7, 11) is -0.670. The lowest BCUT2D eigenvalue weighted by Crippen LogP contribution is -2.27. The third-order valence-corrected chi connectivity index (χ3v) is 6.16. The van der Waals surface area contributed by atoms with Crippen LogP contribution in [0.15, 0.2) is 41.3 Å². The third-order valence-electron chi connectivity index (χ3n) is 4.62. The molecule has 0 saturated heterocycles. The zero-order valence-electron chi connectivity index (χ0n) is 14.7. The van der Waals surface area contributed by atoms with Gasteiger partial charge in [-0.25, -0.2) is 13.1 Å². The van der Waals surface area contributed by atoms with Gasteiger partial charge in [0.2, 0.25) is 10.0 Å². The molecular weight excluding hydrogens is 338 g/mol. The zero-order chi connectivity index (χ0) is 18.0. The molecule has 0 aromatic heterocycles. The van der Waals surface area contributed by atoms with Crippen molar-refractivity contribution in [2.24, 2.45) is 0 Å². The molecule has 0 unspecified atom stereocenters. The van der Waals surface area contributed by atoms with Gasteiger partial charge in [0.05, 0.1) is 19.1 Å². The minimum atomic E-state index is -3.66. The highest BCUT2D eigenvalue weighted by Crippen LogP contribution is 2.30. The Morgan fingerprint density at radius 1 is 0.960 bits per heavy atom. The van der Waals surface area contributed by atoms with Gasteiger partial charge >= 0.3 is 0 Å². The molecule has 2 aromatic carbocycles. The summed E-state index contributed by atoms with van der Waals surface area (Å²) in [5.41, 5.74) is 3.68. The van der Waals surface area contributed by atoms with Crippen LogP contribution in [0.1, 0.15) is 36.1 Å². The van der Waals surface area contributed by atoms with E-state index >= 15 is 0 Å². The van der Waals surface area contributed by atoms with Crippen LogP contribution in [0.2, 0.25) is 0 Å². The summed E-state index contributed by atoms with van der Waals surface area (Å²) in [5, 5.41) is 0. The van der Waals surface area contributed by atoms with Crippen molar-refractivity contribution < 1.29 is 17.9 Å². The highest BCUT2D eigenvalue weighted by Gasteiger charge is 2.21. The molecule has 6 heteroatoms. The van der Waals surface area contributed by atoms with Crippen LogP contribution in [0.4, 0.5) is 0 Å². The van der Waals surface area contributed by atoms with E-state index in [1.807, 2.05) is 13.0 Å². The molecule has 1 N–H and O–H groups in total. The van der Waals surface area contributed by atoms with E-state index < -0.39 is 10.0 Å². The Morgan fingerprint density at radius 3 is 2.40 bits per heavy atom. The number of fused-ring (bicyclic) bond motifs is 1. The Morgan fingerprint density at radius 2 is 1.68 bits per heavy atom. The second-order valence-electron chi connectivity index (χ2n) is 6.24. The smallest absolute Gasteiger partial charge is 0.241 e. The SMILES string of the molecule is COc1ccc(S(=O)(=O)N[C@H](C)c2ccc3c(c2)CCC3)cc1OC. The first-order valence-electron chi connectivity index (χ1n) is 8.30. The van der Waals surface area contributed by atoms with Gasteiger partial charge in [-0.1, -0.05) is 18.2 Å². The highest BCUT2D eigenvalue weighted by atomic mass is 32.2. The maximum Gasteiger partial charge on any atom is 0.241 e. The van der Waals surface area contributed by atoms with E-state index in [1.54, 1.807) is 6.07 Å². The van der Waals surface area contributed by atoms with Gasteiger partial charge in [-0.3, -0.25) is 0 Å². The van der Waals surface area contributed by atoms with Gasteiger partial charge in [0.1, 0.15) is 0 Å². The molecule has 134 valence electrons. The normalized spacial score (nSPS) is 14.8. The van der Waals surface area contributed by atoms with Gasteiger partial charge in [-0.15, -0.1) is 0 Å². The maximum atomic E-state index is 12.7. The van der Waals surface area contributed by atoms with Crippen molar-refractivity contribution >= 4 is 10.0 Å². The van der Waals surface area contributed by atoms with Gasteiger partial charge < -0.3 is 9.47 Å². The summed E-state index contributed by atoms with van der Waals surface area (Å²) >= 11 is 0. The molecule has 1 aliphatic rings. The molecule has 1 aliphatic carbocycles. The molecule has 0 amide bonds. The minimum absolute atomic E-state index is 0.151. The van der Waals surface area contributed by atoms with Gasteiger partial charge in [-0.2, -0.15) is 0 Å². The molecule has 0 radical (unpaired) electrons. The molecule has 3 rings (SSSR count). The first-order chi connectivity index (χ1) is 11.9. The number of methoxy groups -OCH3 is 2. The van der Waals surface area contributed by atoms with Crippen LogP contribution in [0.5, 0.6) is 11.5 Å². The molecule has 0 bridgehead atoms. The number of sulfonamides is 1. The molecule has 1 atom stereocenters. The lowest BCUT2D eigenvalue weighted by Gasteiger charge is -2.17. The van der Waals surface area contributed by atoms with Crippen LogP contribution in [-0.4, -0.2) is 22.6 Å². The molecule has 0 heterocycles. The first kappa shape index (κ1) is 17.8. The topological polar surface area (TPSA) is 64.6 Å². The van der Waals surface area contributed by atoms with Gasteiger partial charge in [-0.05, 0) is 55.0 Å². The fourth-order valence-electron chi connectivity index (χ4n) is 3.21. The number of benzene rings is 2. The average Bonchev–Trinajstić information content (AvgIpc) is 3.08. The van der Waals surface area contributed by atoms with Crippen molar-refractivity contribution in [1.82, 2.24) is 4.72 Å². The third kappa shape index (κ3) is 3.65. The second-order valence-corrected chi connectivity index (χ2v) is 7.96. The van der Waals surface area contributed by atoms with Crippen LogP contribution < -0.4 is 14.2 Å². The monoisotopic (exact) mass is 361 g/mol. The number of rotatable bonds is 6.